The number of aromatic hydroxyl groups is 1. The molecule has 3 rings (SSSR count). The van der Waals surface area contributed by atoms with Crippen molar-refractivity contribution < 1.29 is 29.6 Å². The fourth-order valence-electron chi connectivity index (χ4n) is 5.17. The van der Waals surface area contributed by atoms with Crippen molar-refractivity contribution in [3.05, 3.63) is 65.2 Å². The number of carboxylic acids is 1. The van der Waals surface area contributed by atoms with Crippen molar-refractivity contribution in [2.24, 2.45) is 5.92 Å². The summed E-state index contributed by atoms with van der Waals surface area (Å²) in [5.41, 5.74) is 2.76. The molecule has 3 N–H and O–H groups in total. The molecular formula is C29H41NO6. The Balaban J connectivity index is 1.80. The molecule has 7 heteroatoms. The molecule has 2 aromatic rings. The van der Waals surface area contributed by atoms with Gasteiger partial charge in [0.25, 0.3) is 0 Å². The molecule has 0 saturated carbocycles. The number of carboxylic acid groups (broad SMARTS) is 1. The number of aliphatic hydroxyl groups is 1. The summed E-state index contributed by atoms with van der Waals surface area (Å²) in [6, 6.07) is 16.4. The summed E-state index contributed by atoms with van der Waals surface area (Å²) in [6.07, 6.45) is -1.81. The highest BCUT2D eigenvalue weighted by molar-refractivity contribution is 5.72. The lowest BCUT2D eigenvalue weighted by molar-refractivity contribution is -0.257. The average molecular weight is 500 g/mol. The maximum absolute atomic E-state index is 11.5. The molecular weight excluding hydrogens is 458 g/mol. The molecule has 2 aromatic carbocycles. The lowest BCUT2D eigenvalue weighted by Crippen LogP contribution is -2.47. The molecule has 5 atom stereocenters. The van der Waals surface area contributed by atoms with Crippen LogP contribution in [0.4, 0.5) is 0 Å². The van der Waals surface area contributed by atoms with Crippen LogP contribution in [-0.2, 0) is 20.9 Å². The molecule has 1 saturated heterocycles. The van der Waals surface area contributed by atoms with Gasteiger partial charge in [-0.1, -0.05) is 43.3 Å². The van der Waals surface area contributed by atoms with E-state index in [1.807, 2.05) is 24.3 Å². The smallest absolute Gasteiger partial charge is 0.333 e. The largest absolute Gasteiger partial charge is 0.508 e. The summed E-state index contributed by atoms with van der Waals surface area (Å²) in [6.45, 7) is 11.5. The van der Waals surface area contributed by atoms with E-state index in [4.69, 9.17) is 9.47 Å². The molecule has 198 valence electrons. The number of nitrogens with zero attached hydrogens (tertiary/aromatic N) is 1. The standard InChI is InChI=1S/C29H41NO6/c1-18(2)30(19(3)4)14-13-23(22-9-7-6-8-10-22)24-16-21(11-12-25(24)31)17-35-29-26(32)15-20(5)27(36-29)28(33)34/h6-12,16,18-20,23,26-27,29,31-32H,13-15,17H2,1-5H3,(H,33,34)/t20-,23?,26+,27?,29?/m0/s1. The van der Waals surface area contributed by atoms with Crippen LogP contribution >= 0.6 is 0 Å². The first kappa shape index (κ1) is 28.1. The molecule has 1 aliphatic rings. The van der Waals surface area contributed by atoms with E-state index in [0.29, 0.717) is 18.5 Å². The number of hydrogen-bond donors (Lipinski definition) is 3. The molecule has 0 aliphatic carbocycles. The maximum Gasteiger partial charge on any atom is 0.333 e. The van der Waals surface area contributed by atoms with E-state index in [9.17, 15) is 20.1 Å². The van der Waals surface area contributed by atoms with Crippen LogP contribution in [-0.4, -0.2) is 63.3 Å². The molecule has 0 amide bonds. The third kappa shape index (κ3) is 7.07. The Kier molecular flexibility index (Phi) is 9.91. The molecule has 0 aromatic heterocycles. The van der Waals surface area contributed by atoms with Gasteiger partial charge in [-0.2, -0.15) is 0 Å². The number of phenols is 1. The van der Waals surface area contributed by atoms with E-state index >= 15 is 0 Å². The van der Waals surface area contributed by atoms with Crippen molar-refractivity contribution in [2.75, 3.05) is 6.54 Å². The molecule has 0 spiro atoms. The summed E-state index contributed by atoms with van der Waals surface area (Å²) in [4.78, 5) is 13.9. The third-order valence-electron chi connectivity index (χ3n) is 7.05. The Morgan fingerprint density at radius 2 is 1.78 bits per heavy atom. The van der Waals surface area contributed by atoms with Crippen LogP contribution < -0.4 is 0 Å². The number of ether oxygens (including phenoxy) is 2. The number of aliphatic hydroxyl groups excluding tert-OH is 1. The van der Waals surface area contributed by atoms with Gasteiger partial charge in [0, 0.05) is 23.6 Å². The lowest BCUT2D eigenvalue weighted by atomic mass is 9.86. The second kappa shape index (κ2) is 12.7. The molecule has 0 bridgehead atoms. The van der Waals surface area contributed by atoms with Gasteiger partial charge in [0.2, 0.25) is 0 Å². The van der Waals surface area contributed by atoms with Crippen LogP contribution in [0.5, 0.6) is 5.75 Å². The van der Waals surface area contributed by atoms with Gasteiger partial charge in [-0.05, 0) is 76.3 Å². The fraction of sp³-hybridized carbons (Fsp3) is 0.552. The van der Waals surface area contributed by atoms with Crippen LogP contribution in [0.1, 0.15) is 70.1 Å². The maximum atomic E-state index is 11.5. The number of hydrogen-bond acceptors (Lipinski definition) is 6. The lowest BCUT2D eigenvalue weighted by Gasteiger charge is -2.35. The Morgan fingerprint density at radius 3 is 2.39 bits per heavy atom. The van der Waals surface area contributed by atoms with E-state index in [1.165, 1.54) is 0 Å². The van der Waals surface area contributed by atoms with Gasteiger partial charge in [-0.15, -0.1) is 0 Å². The molecule has 7 nitrogen and oxygen atoms in total. The predicted molar refractivity (Wildman–Crippen MR) is 139 cm³/mol. The van der Waals surface area contributed by atoms with Crippen LogP contribution in [0, 0.1) is 5.92 Å². The molecule has 36 heavy (non-hydrogen) atoms. The second-order valence-corrected chi connectivity index (χ2v) is 10.4. The van der Waals surface area contributed by atoms with Crippen molar-refractivity contribution in [3.8, 4) is 5.75 Å². The summed E-state index contributed by atoms with van der Waals surface area (Å²) < 4.78 is 11.4. The zero-order valence-electron chi connectivity index (χ0n) is 22.0. The minimum Gasteiger partial charge on any atom is -0.508 e. The normalized spacial score (nSPS) is 23.4. The van der Waals surface area contributed by atoms with Crippen molar-refractivity contribution in [2.45, 2.75) is 90.6 Å². The first-order chi connectivity index (χ1) is 17.1. The van der Waals surface area contributed by atoms with E-state index in [0.717, 1.165) is 29.7 Å². The predicted octanol–water partition coefficient (Wildman–Crippen LogP) is 4.75. The summed E-state index contributed by atoms with van der Waals surface area (Å²) in [5.74, 6) is -1.15. The third-order valence-corrected chi connectivity index (χ3v) is 7.05. The molecule has 1 fully saturated rings. The van der Waals surface area contributed by atoms with Gasteiger partial charge in [-0.3, -0.25) is 4.90 Å². The number of rotatable bonds is 11. The number of benzene rings is 2. The SMILES string of the molecule is CC(C)N(CCC(c1ccccc1)c1cc(COC2OC(C(=O)O)[C@@H](C)C[C@H]2O)ccc1O)C(C)C. The molecule has 1 heterocycles. The van der Waals surface area contributed by atoms with E-state index in [-0.39, 0.29) is 24.2 Å². The second-order valence-electron chi connectivity index (χ2n) is 10.4. The Morgan fingerprint density at radius 1 is 1.11 bits per heavy atom. The minimum atomic E-state index is -1.06. The highest BCUT2D eigenvalue weighted by Crippen LogP contribution is 2.35. The van der Waals surface area contributed by atoms with Crippen molar-refractivity contribution in [1.82, 2.24) is 4.90 Å². The van der Waals surface area contributed by atoms with Gasteiger partial charge in [0.05, 0.1) is 6.61 Å². The van der Waals surface area contributed by atoms with E-state index < -0.39 is 24.5 Å². The van der Waals surface area contributed by atoms with Crippen molar-refractivity contribution in [3.63, 3.8) is 0 Å². The molecule has 1 aliphatic heterocycles. The van der Waals surface area contributed by atoms with Crippen molar-refractivity contribution in [1.29, 1.82) is 0 Å². The van der Waals surface area contributed by atoms with Gasteiger partial charge in [0.15, 0.2) is 12.4 Å². The fourth-order valence-corrected chi connectivity index (χ4v) is 5.17. The highest BCUT2D eigenvalue weighted by Gasteiger charge is 2.39. The van der Waals surface area contributed by atoms with Gasteiger partial charge >= 0.3 is 5.97 Å². The Hall–Kier alpha value is -2.45. The Labute approximate surface area is 214 Å². The van der Waals surface area contributed by atoms with Crippen LogP contribution in [0.2, 0.25) is 0 Å². The van der Waals surface area contributed by atoms with Crippen LogP contribution in [0.15, 0.2) is 48.5 Å². The van der Waals surface area contributed by atoms with E-state index in [1.54, 1.807) is 19.1 Å². The van der Waals surface area contributed by atoms with Crippen LogP contribution in [0.3, 0.4) is 0 Å². The number of phenolic OH excluding ortho intramolecular Hbond substituents is 1. The van der Waals surface area contributed by atoms with Gasteiger partial charge < -0.3 is 24.8 Å². The van der Waals surface area contributed by atoms with Gasteiger partial charge in [0.1, 0.15) is 11.9 Å². The summed E-state index contributed by atoms with van der Waals surface area (Å²) in [7, 11) is 0. The van der Waals surface area contributed by atoms with Crippen molar-refractivity contribution >= 4 is 5.97 Å². The number of aliphatic carboxylic acids is 1. The quantitative estimate of drug-likeness (QED) is 0.410. The Bertz CT molecular complexity index is 971. The average Bonchev–Trinajstić information content (AvgIpc) is 2.82. The summed E-state index contributed by atoms with van der Waals surface area (Å²) >= 11 is 0. The van der Waals surface area contributed by atoms with Gasteiger partial charge in [-0.25, -0.2) is 4.79 Å². The monoisotopic (exact) mass is 499 g/mol. The first-order valence-electron chi connectivity index (χ1n) is 12.9. The highest BCUT2D eigenvalue weighted by atomic mass is 16.7. The molecule has 3 unspecified atom stereocenters. The zero-order valence-corrected chi connectivity index (χ0v) is 22.0. The topological polar surface area (TPSA) is 99.5 Å². The number of carbonyl (C=O) groups is 1. The molecule has 0 radical (unpaired) electrons. The van der Waals surface area contributed by atoms with E-state index in [2.05, 4.69) is 44.7 Å². The first-order valence-corrected chi connectivity index (χ1v) is 12.9. The minimum absolute atomic E-state index is 0.0140. The summed E-state index contributed by atoms with van der Waals surface area (Å²) in [5, 5.41) is 30.6. The van der Waals surface area contributed by atoms with Crippen LogP contribution in [0.25, 0.3) is 0 Å². The zero-order chi connectivity index (χ0) is 26.4.